The molecule has 2 aromatic rings. The molecule has 19 heavy (non-hydrogen) atoms. The molecule has 1 N–H and O–H groups in total. The maximum absolute atomic E-state index is 9.35. The highest BCUT2D eigenvalue weighted by Gasteiger charge is 2.28. The highest BCUT2D eigenvalue weighted by Crippen LogP contribution is 2.35. The fourth-order valence-corrected chi connectivity index (χ4v) is 3.60. The highest BCUT2D eigenvalue weighted by atomic mass is 32.1. The van der Waals surface area contributed by atoms with Crippen LogP contribution in [0.4, 0.5) is 5.82 Å². The van der Waals surface area contributed by atoms with Gasteiger partial charge in [0, 0.05) is 12.6 Å². The van der Waals surface area contributed by atoms with Crippen LogP contribution in [0.2, 0.25) is 0 Å². The van der Waals surface area contributed by atoms with E-state index in [1.165, 1.54) is 24.8 Å². The van der Waals surface area contributed by atoms with Crippen molar-refractivity contribution in [3.63, 3.8) is 0 Å². The minimum atomic E-state index is 0.171. The topological polar surface area (TPSA) is 49.2 Å². The van der Waals surface area contributed by atoms with Gasteiger partial charge in [-0.2, -0.15) is 0 Å². The average molecular weight is 277 g/mol. The van der Waals surface area contributed by atoms with Gasteiger partial charge in [-0.15, -0.1) is 11.3 Å². The van der Waals surface area contributed by atoms with E-state index in [0.29, 0.717) is 12.6 Å². The van der Waals surface area contributed by atoms with Crippen LogP contribution in [-0.2, 0) is 0 Å². The van der Waals surface area contributed by atoms with Crippen LogP contribution in [0.15, 0.2) is 5.38 Å². The first-order chi connectivity index (χ1) is 9.20. The van der Waals surface area contributed by atoms with Gasteiger partial charge in [-0.1, -0.05) is 0 Å². The van der Waals surface area contributed by atoms with Crippen molar-refractivity contribution in [2.75, 3.05) is 18.1 Å². The predicted molar refractivity (Wildman–Crippen MR) is 79.0 cm³/mol. The molecule has 0 atom stereocenters. The van der Waals surface area contributed by atoms with E-state index < -0.39 is 0 Å². The van der Waals surface area contributed by atoms with Gasteiger partial charge in [-0.05, 0) is 44.1 Å². The van der Waals surface area contributed by atoms with Crippen molar-refractivity contribution in [3.05, 3.63) is 16.8 Å². The van der Waals surface area contributed by atoms with E-state index in [1.807, 2.05) is 6.92 Å². The number of aromatic nitrogens is 2. The predicted octanol–water partition coefficient (Wildman–Crippen LogP) is 2.66. The Morgan fingerprint density at radius 1 is 1.37 bits per heavy atom. The highest BCUT2D eigenvalue weighted by molar-refractivity contribution is 7.17. The lowest BCUT2D eigenvalue weighted by molar-refractivity contribution is 0.283. The first kappa shape index (κ1) is 12.8. The zero-order chi connectivity index (χ0) is 13.4. The molecule has 5 heteroatoms. The Morgan fingerprint density at radius 2 is 2.16 bits per heavy atom. The number of aryl methyl sites for hydroxylation is 2. The van der Waals surface area contributed by atoms with E-state index in [9.17, 15) is 5.11 Å². The van der Waals surface area contributed by atoms with Crippen LogP contribution < -0.4 is 4.90 Å². The average Bonchev–Trinajstić information content (AvgIpc) is 2.67. The Bertz CT molecular complexity index is 592. The van der Waals surface area contributed by atoms with Crippen LogP contribution in [0.25, 0.3) is 10.2 Å². The van der Waals surface area contributed by atoms with Gasteiger partial charge in [-0.3, -0.25) is 0 Å². The Kier molecular flexibility index (Phi) is 3.41. The van der Waals surface area contributed by atoms with Gasteiger partial charge >= 0.3 is 0 Å². The molecule has 0 unspecified atom stereocenters. The number of rotatable bonds is 4. The largest absolute Gasteiger partial charge is 0.395 e. The summed E-state index contributed by atoms with van der Waals surface area (Å²) < 4.78 is 0. The van der Waals surface area contributed by atoms with E-state index in [1.54, 1.807) is 11.3 Å². The molecule has 2 heterocycles. The van der Waals surface area contributed by atoms with E-state index in [4.69, 9.17) is 0 Å². The van der Waals surface area contributed by atoms with Crippen molar-refractivity contribution in [2.24, 2.45) is 0 Å². The maximum Gasteiger partial charge on any atom is 0.141 e. The normalized spacial score (nSPS) is 15.7. The second-order valence-corrected chi connectivity index (χ2v) is 6.05. The lowest BCUT2D eigenvalue weighted by atomic mass is 9.91. The Morgan fingerprint density at radius 3 is 2.79 bits per heavy atom. The molecule has 2 aromatic heterocycles. The number of aliphatic hydroxyl groups is 1. The maximum atomic E-state index is 9.35. The zero-order valence-corrected chi connectivity index (χ0v) is 12.2. The second-order valence-electron chi connectivity index (χ2n) is 5.20. The molecule has 1 aliphatic rings. The van der Waals surface area contributed by atoms with Gasteiger partial charge in [0.1, 0.15) is 16.5 Å². The van der Waals surface area contributed by atoms with E-state index in [-0.39, 0.29) is 6.61 Å². The molecule has 1 fully saturated rings. The Balaban J connectivity index is 2.12. The molecule has 0 aliphatic heterocycles. The molecule has 0 spiro atoms. The van der Waals surface area contributed by atoms with Crippen molar-refractivity contribution < 1.29 is 5.11 Å². The van der Waals surface area contributed by atoms with Crippen molar-refractivity contribution in [2.45, 2.75) is 39.2 Å². The van der Waals surface area contributed by atoms with Crippen LogP contribution >= 0.6 is 11.3 Å². The zero-order valence-electron chi connectivity index (χ0n) is 11.4. The summed E-state index contributed by atoms with van der Waals surface area (Å²) in [6.07, 6.45) is 3.68. The van der Waals surface area contributed by atoms with Crippen molar-refractivity contribution in [1.29, 1.82) is 0 Å². The third-order valence-electron chi connectivity index (χ3n) is 3.84. The number of hydrogen-bond donors (Lipinski definition) is 1. The van der Waals surface area contributed by atoms with Gasteiger partial charge in [0.2, 0.25) is 0 Å². The lowest BCUT2D eigenvalue weighted by Crippen LogP contribution is -2.42. The quantitative estimate of drug-likeness (QED) is 0.933. The summed E-state index contributed by atoms with van der Waals surface area (Å²) in [6, 6.07) is 0.531. The van der Waals surface area contributed by atoms with Crippen molar-refractivity contribution >= 4 is 27.4 Å². The molecule has 0 bridgehead atoms. The molecule has 102 valence electrons. The van der Waals surface area contributed by atoms with Crippen LogP contribution in [-0.4, -0.2) is 34.3 Å². The molecule has 1 aliphatic carbocycles. The fourth-order valence-electron chi connectivity index (χ4n) is 2.64. The summed E-state index contributed by atoms with van der Waals surface area (Å²) in [4.78, 5) is 12.5. The van der Waals surface area contributed by atoms with Gasteiger partial charge in [-0.25, -0.2) is 9.97 Å². The number of aliphatic hydroxyl groups excluding tert-OH is 1. The number of hydrogen-bond acceptors (Lipinski definition) is 5. The first-order valence-electron chi connectivity index (χ1n) is 6.80. The van der Waals surface area contributed by atoms with Gasteiger partial charge in [0.05, 0.1) is 12.0 Å². The molecule has 0 radical (unpaired) electrons. The van der Waals surface area contributed by atoms with Gasteiger partial charge in [0.15, 0.2) is 0 Å². The molecule has 1 saturated carbocycles. The van der Waals surface area contributed by atoms with Crippen LogP contribution in [0.5, 0.6) is 0 Å². The molecule has 0 saturated heterocycles. The third-order valence-corrected chi connectivity index (χ3v) is 4.83. The summed E-state index contributed by atoms with van der Waals surface area (Å²) in [5.74, 6) is 1.83. The summed E-state index contributed by atoms with van der Waals surface area (Å²) in [7, 11) is 0. The molecular formula is C14H19N3OS. The number of fused-ring (bicyclic) bond motifs is 1. The summed E-state index contributed by atoms with van der Waals surface area (Å²) in [5.41, 5.74) is 1.23. The molecule has 0 amide bonds. The first-order valence-corrected chi connectivity index (χ1v) is 7.68. The number of nitrogens with zero attached hydrogens (tertiary/aromatic N) is 3. The minimum absolute atomic E-state index is 0.171. The Hall–Kier alpha value is -1.20. The number of thiophene rings is 1. The van der Waals surface area contributed by atoms with E-state index in [2.05, 4.69) is 27.2 Å². The molecule has 0 aromatic carbocycles. The fraction of sp³-hybridized carbons (Fsp3) is 0.571. The minimum Gasteiger partial charge on any atom is -0.395 e. The Labute approximate surface area is 117 Å². The molecule has 4 nitrogen and oxygen atoms in total. The van der Waals surface area contributed by atoms with Crippen LogP contribution in [0.1, 0.15) is 30.7 Å². The SMILES string of the molecule is Cc1nc(N(CCO)C2CCC2)c2c(C)csc2n1. The van der Waals surface area contributed by atoms with Crippen LogP contribution in [0.3, 0.4) is 0 Å². The summed E-state index contributed by atoms with van der Waals surface area (Å²) in [5, 5.41) is 12.6. The standard InChI is InChI=1S/C14H19N3OS/c1-9-8-19-14-12(9)13(15-10(2)16-14)17(6-7-18)11-4-3-5-11/h8,11,18H,3-7H2,1-2H3. The van der Waals surface area contributed by atoms with E-state index >= 15 is 0 Å². The summed E-state index contributed by atoms with van der Waals surface area (Å²) in [6.45, 7) is 4.88. The second kappa shape index (κ2) is 5.06. The third kappa shape index (κ3) is 2.21. The van der Waals surface area contributed by atoms with Crippen LogP contribution in [0, 0.1) is 13.8 Å². The smallest absolute Gasteiger partial charge is 0.141 e. The monoisotopic (exact) mass is 277 g/mol. The van der Waals surface area contributed by atoms with Gasteiger partial charge < -0.3 is 10.0 Å². The van der Waals surface area contributed by atoms with Gasteiger partial charge in [0.25, 0.3) is 0 Å². The van der Waals surface area contributed by atoms with Crippen molar-refractivity contribution in [1.82, 2.24) is 9.97 Å². The molecule has 3 rings (SSSR count). The van der Waals surface area contributed by atoms with E-state index in [0.717, 1.165) is 21.9 Å². The summed E-state index contributed by atoms with van der Waals surface area (Å²) >= 11 is 1.67. The number of anilines is 1. The van der Waals surface area contributed by atoms with Crippen molar-refractivity contribution in [3.8, 4) is 0 Å². The molecular weight excluding hydrogens is 258 g/mol. The lowest BCUT2D eigenvalue weighted by Gasteiger charge is -2.38.